The highest BCUT2D eigenvalue weighted by Crippen LogP contribution is 2.27. The minimum atomic E-state index is -0.555. The number of hydrogen-bond acceptors (Lipinski definition) is 7. The van der Waals surface area contributed by atoms with Crippen molar-refractivity contribution in [2.24, 2.45) is 0 Å². The lowest BCUT2D eigenvalue weighted by molar-refractivity contribution is -0.383. The molecule has 1 aromatic heterocycles. The Balaban J connectivity index is 0.00000441. The zero-order valence-electron chi connectivity index (χ0n) is 13.3. The summed E-state index contributed by atoms with van der Waals surface area (Å²) in [6.07, 6.45) is 3.15. The topological polar surface area (TPSA) is 110 Å². The minimum absolute atomic E-state index is 0. The Morgan fingerprint density at radius 1 is 1.41 bits per heavy atom. The van der Waals surface area contributed by atoms with Crippen LogP contribution in [-0.2, 0) is 0 Å². The van der Waals surface area contributed by atoms with Gasteiger partial charge in [-0.3, -0.25) is 10.1 Å². The van der Waals surface area contributed by atoms with E-state index < -0.39 is 4.92 Å². The van der Waals surface area contributed by atoms with Gasteiger partial charge in [-0.15, -0.1) is 12.4 Å². The average Bonchev–Trinajstić information content (AvgIpc) is 2.43. The zero-order chi connectivity index (χ0) is 15.8. The fraction of sp³-hybridized carbons (Fsp3) is 0.692. The summed E-state index contributed by atoms with van der Waals surface area (Å²) in [5.41, 5.74) is 5.28. The van der Waals surface area contributed by atoms with Gasteiger partial charge in [0.15, 0.2) is 0 Å². The first-order valence-electron chi connectivity index (χ1n) is 7.23. The molecule has 0 saturated heterocycles. The van der Waals surface area contributed by atoms with Gasteiger partial charge in [-0.1, -0.05) is 13.8 Å². The number of nitrogens with one attached hydrogen (secondary N) is 1. The van der Waals surface area contributed by atoms with Crippen LogP contribution in [0.1, 0.15) is 33.6 Å². The van der Waals surface area contributed by atoms with Crippen LogP contribution in [0.3, 0.4) is 0 Å². The molecule has 1 unspecified atom stereocenters. The van der Waals surface area contributed by atoms with Gasteiger partial charge < -0.3 is 16.0 Å². The number of anilines is 2. The van der Waals surface area contributed by atoms with Crippen molar-refractivity contribution in [1.82, 2.24) is 14.9 Å². The highest BCUT2D eigenvalue weighted by molar-refractivity contribution is 5.85. The van der Waals surface area contributed by atoms with E-state index in [2.05, 4.69) is 34.0 Å². The van der Waals surface area contributed by atoms with Crippen LogP contribution in [-0.4, -0.2) is 45.5 Å². The van der Waals surface area contributed by atoms with Crippen LogP contribution in [0.5, 0.6) is 0 Å². The molecule has 0 aliphatic heterocycles. The lowest BCUT2D eigenvalue weighted by Crippen LogP contribution is -2.26. The molecule has 0 saturated carbocycles. The number of hydrogen-bond donors (Lipinski definition) is 2. The van der Waals surface area contributed by atoms with Crippen molar-refractivity contribution in [2.75, 3.05) is 30.7 Å². The summed E-state index contributed by atoms with van der Waals surface area (Å²) in [4.78, 5) is 20.4. The Labute approximate surface area is 137 Å². The summed E-state index contributed by atoms with van der Waals surface area (Å²) in [5.74, 6) is 0.0654. The first kappa shape index (κ1) is 20.3. The second kappa shape index (κ2) is 10.1. The smallest absolute Gasteiger partial charge is 0.352 e. The fourth-order valence-electron chi connectivity index (χ4n) is 2.14. The molecule has 3 N–H and O–H groups in total. The van der Waals surface area contributed by atoms with Gasteiger partial charge in [0.2, 0.25) is 11.6 Å². The van der Waals surface area contributed by atoms with E-state index in [-0.39, 0.29) is 35.8 Å². The predicted molar refractivity (Wildman–Crippen MR) is 90.5 cm³/mol. The molecule has 9 heteroatoms. The third-order valence-corrected chi connectivity index (χ3v) is 3.42. The Kier molecular flexibility index (Phi) is 9.35. The van der Waals surface area contributed by atoms with Gasteiger partial charge in [0, 0.05) is 6.04 Å². The quantitative estimate of drug-likeness (QED) is 0.527. The van der Waals surface area contributed by atoms with Gasteiger partial charge >= 0.3 is 5.69 Å². The summed E-state index contributed by atoms with van der Waals surface area (Å²) in [6, 6.07) is 0.0774. The molecular formula is C13H25ClN6O2. The highest BCUT2D eigenvalue weighted by atomic mass is 35.5. The Morgan fingerprint density at radius 2 is 2.05 bits per heavy atom. The summed E-state index contributed by atoms with van der Waals surface area (Å²) in [6.45, 7) is 9.34. The number of nitro groups is 1. The Morgan fingerprint density at radius 3 is 2.59 bits per heavy atom. The van der Waals surface area contributed by atoms with Crippen molar-refractivity contribution >= 4 is 29.7 Å². The largest absolute Gasteiger partial charge is 0.378 e. The molecule has 0 fully saturated rings. The second-order valence-corrected chi connectivity index (χ2v) is 4.93. The lowest BCUT2D eigenvalue weighted by atomic mass is 10.1. The molecule has 0 aromatic carbocycles. The number of aromatic nitrogens is 2. The normalized spacial score (nSPS) is 11.8. The first-order chi connectivity index (χ1) is 9.99. The number of nitrogens with two attached hydrogens (primary N) is 1. The van der Waals surface area contributed by atoms with Crippen LogP contribution in [0.4, 0.5) is 17.3 Å². The summed E-state index contributed by atoms with van der Waals surface area (Å²) in [5, 5.41) is 14.1. The Hall–Kier alpha value is -1.67. The summed E-state index contributed by atoms with van der Waals surface area (Å²) >= 11 is 0. The molecule has 1 atom stereocenters. The predicted octanol–water partition coefficient (Wildman–Crippen LogP) is 2.31. The first-order valence-corrected chi connectivity index (χ1v) is 7.23. The number of halogens is 1. The molecule has 0 aliphatic carbocycles. The number of nitrogens with zero attached hydrogens (tertiary/aromatic N) is 4. The van der Waals surface area contributed by atoms with Crippen molar-refractivity contribution in [3.05, 3.63) is 16.4 Å². The zero-order valence-corrected chi connectivity index (χ0v) is 14.1. The molecule has 126 valence electrons. The standard InChI is InChI=1S/C13H24N6O2.ClH/c1-4-18(5-2)8-6-7-10(3)17-13-11(19(20)21)12(14)15-9-16-13;/h9-10H,4-8H2,1-3H3,(H3,14,15,16,17);1H. The molecule has 1 aromatic rings. The van der Waals surface area contributed by atoms with E-state index in [9.17, 15) is 10.1 Å². The lowest BCUT2D eigenvalue weighted by Gasteiger charge is -2.20. The molecule has 0 radical (unpaired) electrons. The molecule has 0 amide bonds. The van der Waals surface area contributed by atoms with Crippen molar-refractivity contribution in [3.8, 4) is 0 Å². The van der Waals surface area contributed by atoms with Crippen LogP contribution >= 0.6 is 12.4 Å². The Bertz CT molecular complexity index is 470. The van der Waals surface area contributed by atoms with E-state index in [0.29, 0.717) is 0 Å². The van der Waals surface area contributed by atoms with Crippen molar-refractivity contribution < 1.29 is 4.92 Å². The molecule has 1 heterocycles. The van der Waals surface area contributed by atoms with E-state index in [1.165, 1.54) is 6.33 Å². The third-order valence-electron chi connectivity index (χ3n) is 3.42. The van der Waals surface area contributed by atoms with E-state index in [1.807, 2.05) is 6.92 Å². The van der Waals surface area contributed by atoms with Gasteiger partial charge in [-0.25, -0.2) is 9.97 Å². The van der Waals surface area contributed by atoms with E-state index in [4.69, 9.17) is 5.73 Å². The number of nitrogen functional groups attached to an aromatic ring is 1. The van der Waals surface area contributed by atoms with Crippen LogP contribution in [0.25, 0.3) is 0 Å². The maximum absolute atomic E-state index is 11.0. The molecule has 0 spiro atoms. The van der Waals surface area contributed by atoms with Gasteiger partial charge in [-0.05, 0) is 39.4 Å². The van der Waals surface area contributed by atoms with Gasteiger partial charge in [0.25, 0.3) is 0 Å². The SMILES string of the molecule is CCN(CC)CCCC(C)Nc1ncnc(N)c1[N+](=O)[O-].Cl. The minimum Gasteiger partial charge on any atom is -0.378 e. The van der Waals surface area contributed by atoms with E-state index in [1.54, 1.807) is 0 Å². The van der Waals surface area contributed by atoms with Crippen LogP contribution in [0, 0.1) is 10.1 Å². The van der Waals surface area contributed by atoms with Gasteiger partial charge in [0.1, 0.15) is 6.33 Å². The molecule has 8 nitrogen and oxygen atoms in total. The highest BCUT2D eigenvalue weighted by Gasteiger charge is 2.21. The molecule has 0 aliphatic rings. The van der Waals surface area contributed by atoms with Gasteiger partial charge in [-0.2, -0.15) is 0 Å². The van der Waals surface area contributed by atoms with Crippen LogP contribution < -0.4 is 11.1 Å². The van der Waals surface area contributed by atoms with Crippen LogP contribution in [0.15, 0.2) is 6.33 Å². The van der Waals surface area contributed by atoms with Crippen molar-refractivity contribution in [2.45, 2.75) is 39.7 Å². The van der Waals surface area contributed by atoms with E-state index >= 15 is 0 Å². The van der Waals surface area contributed by atoms with Gasteiger partial charge in [0.05, 0.1) is 4.92 Å². The van der Waals surface area contributed by atoms with Crippen LogP contribution in [0.2, 0.25) is 0 Å². The summed E-state index contributed by atoms with van der Waals surface area (Å²) in [7, 11) is 0. The average molecular weight is 333 g/mol. The third kappa shape index (κ3) is 5.98. The molecular weight excluding hydrogens is 308 g/mol. The van der Waals surface area contributed by atoms with Crippen molar-refractivity contribution in [1.29, 1.82) is 0 Å². The van der Waals surface area contributed by atoms with E-state index in [0.717, 1.165) is 32.5 Å². The second-order valence-electron chi connectivity index (χ2n) is 4.93. The maximum Gasteiger partial charge on any atom is 0.352 e. The molecule has 1 rings (SSSR count). The fourth-order valence-corrected chi connectivity index (χ4v) is 2.14. The number of rotatable bonds is 9. The molecule has 22 heavy (non-hydrogen) atoms. The van der Waals surface area contributed by atoms with Crippen molar-refractivity contribution in [3.63, 3.8) is 0 Å². The maximum atomic E-state index is 11.0. The monoisotopic (exact) mass is 332 g/mol. The molecule has 0 bridgehead atoms. The summed E-state index contributed by atoms with van der Waals surface area (Å²) < 4.78 is 0.